The van der Waals surface area contributed by atoms with Crippen molar-refractivity contribution in [2.75, 3.05) is 0 Å². The molecule has 0 aliphatic rings. The molecule has 0 bridgehead atoms. The first-order valence-electron chi connectivity index (χ1n) is 3.29. The normalized spacial score (nSPS) is 14.7. The summed E-state index contributed by atoms with van der Waals surface area (Å²) in [5, 5.41) is 0. The van der Waals surface area contributed by atoms with Crippen LogP contribution in [0.25, 0.3) is 0 Å². The number of nitrogens with zero attached hydrogens (tertiary/aromatic N) is 1. The summed E-state index contributed by atoms with van der Waals surface area (Å²) in [7, 11) is 0. The highest BCUT2D eigenvalue weighted by Crippen LogP contribution is 2.00. The van der Waals surface area contributed by atoms with Crippen LogP contribution in [0.4, 0.5) is 0 Å². The molecular weight excluding hydrogens is 124 g/mol. The Bertz CT molecular complexity index is 176. The predicted molar refractivity (Wildman–Crippen MR) is 45.9 cm³/mol. The van der Waals surface area contributed by atoms with E-state index in [0.29, 0.717) is 0 Å². The summed E-state index contributed by atoms with van der Waals surface area (Å²) in [6, 6.07) is 0. The molecule has 0 aromatic rings. The lowest BCUT2D eigenvalue weighted by Gasteiger charge is -1.95. The van der Waals surface area contributed by atoms with Crippen molar-refractivity contribution >= 4 is 6.21 Å². The van der Waals surface area contributed by atoms with Gasteiger partial charge in [0.05, 0.1) is 0 Å². The summed E-state index contributed by atoms with van der Waals surface area (Å²) in [5.74, 6) is 0. The van der Waals surface area contributed by atoms with Crippen molar-refractivity contribution in [1.82, 2.24) is 0 Å². The lowest BCUT2D eigenvalue weighted by atomic mass is 10.2. The third-order valence-electron chi connectivity index (χ3n) is 1.18. The molecule has 0 radical (unpaired) electrons. The zero-order valence-electron chi connectivity index (χ0n) is 6.76. The van der Waals surface area contributed by atoms with E-state index in [-0.39, 0.29) is 0 Å². The number of nitrogens with two attached hydrogens (primary N) is 1. The van der Waals surface area contributed by atoms with Gasteiger partial charge in [-0.3, -0.25) is 4.99 Å². The number of hydrogen-bond acceptors (Lipinski definition) is 2. The van der Waals surface area contributed by atoms with Crippen LogP contribution in [0, 0.1) is 0 Å². The summed E-state index contributed by atoms with van der Waals surface area (Å²) in [4.78, 5) is 3.93. The minimum atomic E-state index is 0.783. The predicted octanol–water partition coefficient (Wildman–Crippen LogP) is 1.84. The van der Waals surface area contributed by atoms with Gasteiger partial charge < -0.3 is 5.73 Å². The first-order valence-corrected chi connectivity index (χ1v) is 3.29. The molecule has 0 rings (SSSR count). The van der Waals surface area contributed by atoms with Crippen molar-refractivity contribution in [2.24, 2.45) is 10.7 Å². The molecule has 10 heavy (non-hydrogen) atoms. The molecule has 2 nitrogen and oxygen atoms in total. The topological polar surface area (TPSA) is 38.4 Å². The second-order valence-electron chi connectivity index (χ2n) is 1.96. The first-order chi connectivity index (χ1) is 4.72. The maximum atomic E-state index is 5.58. The third kappa shape index (κ3) is 3.07. The van der Waals surface area contributed by atoms with Crippen molar-refractivity contribution in [2.45, 2.75) is 20.8 Å². The van der Waals surface area contributed by atoms with Crippen LogP contribution in [0.2, 0.25) is 0 Å². The van der Waals surface area contributed by atoms with Crippen LogP contribution in [0.1, 0.15) is 20.8 Å². The molecule has 56 valence electrons. The molecule has 0 unspecified atom stereocenters. The molecule has 0 aliphatic carbocycles. The van der Waals surface area contributed by atoms with Gasteiger partial charge in [-0.05, 0) is 26.3 Å². The first kappa shape index (κ1) is 8.95. The molecule has 0 spiro atoms. The van der Waals surface area contributed by atoms with E-state index >= 15 is 0 Å². The van der Waals surface area contributed by atoms with E-state index in [9.17, 15) is 0 Å². The number of allylic oxidation sites excluding steroid dienone is 2. The average Bonchev–Trinajstić information content (AvgIpc) is 1.98. The molecular formula is C8H14N2. The Kier molecular flexibility index (Phi) is 4.29. The van der Waals surface area contributed by atoms with Crippen LogP contribution in [0.3, 0.4) is 0 Å². The lowest BCUT2D eigenvalue weighted by molar-refractivity contribution is 1.25. The lowest BCUT2D eigenvalue weighted by Crippen LogP contribution is -1.96. The maximum absolute atomic E-state index is 5.58. The SMILES string of the molecule is CC=N/C=C(C)/C(N)=C/C. The fraction of sp³-hybridized carbons (Fsp3) is 0.375. The maximum Gasteiger partial charge on any atom is 0.0315 e. The fourth-order valence-electron chi connectivity index (χ4n) is 0.489. The summed E-state index contributed by atoms with van der Waals surface area (Å²) in [5.41, 5.74) is 7.36. The van der Waals surface area contributed by atoms with Crippen LogP contribution in [-0.4, -0.2) is 6.21 Å². The van der Waals surface area contributed by atoms with E-state index in [0.717, 1.165) is 11.3 Å². The van der Waals surface area contributed by atoms with E-state index in [1.165, 1.54) is 0 Å². The highest BCUT2D eigenvalue weighted by atomic mass is 14.7. The monoisotopic (exact) mass is 138 g/mol. The molecule has 0 saturated heterocycles. The summed E-state index contributed by atoms with van der Waals surface area (Å²) < 4.78 is 0. The Labute approximate surface area is 62.1 Å². The van der Waals surface area contributed by atoms with Gasteiger partial charge in [0.25, 0.3) is 0 Å². The van der Waals surface area contributed by atoms with Gasteiger partial charge in [0.2, 0.25) is 0 Å². The summed E-state index contributed by atoms with van der Waals surface area (Å²) >= 11 is 0. The van der Waals surface area contributed by atoms with E-state index in [4.69, 9.17) is 5.73 Å². The third-order valence-corrected chi connectivity index (χ3v) is 1.18. The molecule has 0 aromatic heterocycles. The molecule has 0 amide bonds. The highest BCUT2D eigenvalue weighted by molar-refractivity contribution is 5.54. The van der Waals surface area contributed by atoms with Crippen LogP contribution in [0.15, 0.2) is 28.5 Å². The Morgan fingerprint density at radius 3 is 2.40 bits per heavy atom. The minimum Gasteiger partial charge on any atom is -0.399 e. The van der Waals surface area contributed by atoms with E-state index in [1.807, 2.05) is 26.8 Å². The summed E-state index contributed by atoms with van der Waals surface area (Å²) in [6.07, 6.45) is 5.33. The zero-order valence-corrected chi connectivity index (χ0v) is 6.76. The zero-order chi connectivity index (χ0) is 7.98. The molecule has 0 aliphatic heterocycles. The second-order valence-corrected chi connectivity index (χ2v) is 1.96. The quantitative estimate of drug-likeness (QED) is 0.459. The largest absolute Gasteiger partial charge is 0.399 e. The Morgan fingerprint density at radius 2 is 2.00 bits per heavy atom. The van der Waals surface area contributed by atoms with Crippen LogP contribution in [-0.2, 0) is 0 Å². The smallest absolute Gasteiger partial charge is 0.0315 e. The fourth-order valence-corrected chi connectivity index (χ4v) is 0.489. The molecule has 0 aromatic carbocycles. The Morgan fingerprint density at radius 1 is 1.40 bits per heavy atom. The molecule has 0 saturated carbocycles. The van der Waals surface area contributed by atoms with Gasteiger partial charge in [-0.2, -0.15) is 0 Å². The number of rotatable bonds is 2. The molecule has 2 heteroatoms. The van der Waals surface area contributed by atoms with Gasteiger partial charge in [-0.15, -0.1) is 0 Å². The average molecular weight is 138 g/mol. The van der Waals surface area contributed by atoms with Crippen LogP contribution < -0.4 is 5.73 Å². The van der Waals surface area contributed by atoms with Crippen LogP contribution in [0.5, 0.6) is 0 Å². The van der Waals surface area contributed by atoms with Crippen LogP contribution >= 0.6 is 0 Å². The van der Waals surface area contributed by atoms with Gasteiger partial charge in [-0.1, -0.05) is 6.08 Å². The minimum absolute atomic E-state index is 0.783. The van der Waals surface area contributed by atoms with Crippen molar-refractivity contribution in [1.29, 1.82) is 0 Å². The standard InChI is InChI=1S/C8H14N2/c1-4-8(9)7(3)6-10-5-2/h4-6H,9H2,1-3H3/b7-6+,8-4-,10-5?. The number of hydrogen-bond donors (Lipinski definition) is 1. The van der Waals surface area contributed by atoms with Crippen molar-refractivity contribution in [3.8, 4) is 0 Å². The second kappa shape index (κ2) is 4.79. The molecule has 2 N–H and O–H groups in total. The molecule has 0 heterocycles. The van der Waals surface area contributed by atoms with Crippen molar-refractivity contribution in [3.05, 3.63) is 23.5 Å². The van der Waals surface area contributed by atoms with Crippen molar-refractivity contribution < 1.29 is 0 Å². The van der Waals surface area contributed by atoms with Gasteiger partial charge >= 0.3 is 0 Å². The van der Waals surface area contributed by atoms with E-state index in [1.54, 1.807) is 12.4 Å². The summed E-state index contributed by atoms with van der Waals surface area (Å²) in [6.45, 7) is 5.71. The number of aliphatic imine (C=N–C) groups is 1. The molecule has 0 fully saturated rings. The van der Waals surface area contributed by atoms with E-state index < -0.39 is 0 Å². The van der Waals surface area contributed by atoms with Crippen molar-refractivity contribution in [3.63, 3.8) is 0 Å². The molecule has 0 atom stereocenters. The van der Waals surface area contributed by atoms with Gasteiger partial charge in [0, 0.05) is 18.1 Å². The van der Waals surface area contributed by atoms with E-state index in [2.05, 4.69) is 4.99 Å². The van der Waals surface area contributed by atoms with Gasteiger partial charge in [-0.25, -0.2) is 0 Å². The highest BCUT2D eigenvalue weighted by Gasteiger charge is 1.87. The van der Waals surface area contributed by atoms with Gasteiger partial charge in [0.1, 0.15) is 0 Å². The van der Waals surface area contributed by atoms with Gasteiger partial charge in [0.15, 0.2) is 0 Å². The Balaban J connectivity index is 4.19. The Hall–Kier alpha value is -1.05.